The van der Waals surface area contributed by atoms with Crippen molar-refractivity contribution in [2.45, 2.75) is 103 Å². The Morgan fingerprint density at radius 2 is 1.85 bits per heavy atom. The zero-order chi connectivity index (χ0) is 29.3. The van der Waals surface area contributed by atoms with Crippen LogP contribution in [0.15, 0.2) is 4.99 Å². The lowest BCUT2D eigenvalue weighted by Gasteiger charge is -2.28. The molecule has 2 amide bonds. The largest absolute Gasteiger partial charge is 0.388 e. The molecule has 0 aliphatic heterocycles. The average Bonchev–Trinajstić information content (AvgIpc) is 3.60. The van der Waals surface area contributed by atoms with Gasteiger partial charge >= 0.3 is 0 Å². The Morgan fingerprint density at radius 3 is 2.46 bits per heavy atom. The van der Waals surface area contributed by atoms with Crippen molar-refractivity contribution >= 4 is 17.8 Å². The Hall–Kier alpha value is -2.35. The molecule has 0 saturated heterocycles. The van der Waals surface area contributed by atoms with E-state index in [4.69, 9.17) is 15.7 Å². The topological polar surface area (TPSA) is 188 Å². The van der Waals surface area contributed by atoms with Crippen molar-refractivity contribution in [2.75, 3.05) is 33.4 Å². The van der Waals surface area contributed by atoms with Gasteiger partial charge in [-0.05, 0) is 37.5 Å². The number of aliphatic hydroxyl groups excluding tert-OH is 1. The van der Waals surface area contributed by atoms with E-state index in [0.29, 0.717) is 24.3 Å². The lowest BCUT2D eigenvalue weighted by molar-refractivity contribution is -0.562. The van der Waals surface area contributed by atoms with Gasteiger partial charge in [-0.15, -0.1) is 0 Å². The third-order valence-corrected chi connectivity index (χ3v) is 7.02. The number of aliphatic imine (C=N–C) groups is 1. The number of rotatable bonds is 22. The molecule has 39 heavy (non-hydrogen) atoms. The number of hydrogen-bond donors (Lipinski definition) is 6. The number of unbranched alkanes of at least 4 members (excludes halogenated alkanes) is 5. The fourth-order valence-electron chi connectivity index (χ4n) is 4.76. The molecule has 13 heteroatoms. The SMILES string of the molecule is CCCCCCCCOCCC(=O)N[C@@H](CCCN=C(N)N[N+](C)=O)C(=O)NC1(C(O)COO)C[C@H]1C(C)C. The fourth-order valence-corrected chi connectivity index (χ4v) is 4.76. The molecule has 0 heterocycles. The fraction of sp³-hybridized carbons (Fsp3) is 0.885. The lowest BCUT2D eigenvalue weighted by Crippen LogP contribution is -2.56. The zero-order valence-corrected chi connectivity index (χ0v) is 24.1. The predicted molar refractivity (Wildman–Crippen MR) is 148 cm³/mol. The number of carbonyl (C=O) groups excluding carboxylic acids is 2. The molecular weight excluding hydrogens is 508 g/mol. The molecule has 1 aliphatic rings. The first kappa shape index (κ1) is 34.7. The molecule has 7 N–H and O–H groups in total. The molecule has 1 aliphatic carbocycles. The van der Waals surface area contributed by atoms with Gasteiger partial charge in [-0.3, -0.25) is 14.8 Å². The van der Waals surface area contributed by atoms with Gasteiger partial charge in [0, 0.05) is 19.6 Å². The van der Waals surface area contributed by atoms with Gasteiger partial charge in [-0.1, -0.05) is 58.3 Å². The molecule has 0 radical (unpaired) electrons. The number of amides is 2. The number of ether oxygens (including phenoxy) is 1. The Kier molecular flexibility index (Phi) is 16.8. The Morgan fingerprint density at radius 1 is 1.15 bits per heavy atom. The molecule has 226 valence electrons. The maximum absolute atomic E-state index is 13.3. The van der Waals surface area contributed by atoms with E-state index >= 15 is 0 Å². The molecule has 0 spiro atoms. The number of hydrazine groups is 1. The van der Waals surface area contributed by atoms with Crippen LogP contribution in [0.4, 0.5) is 0 Å². The standard InChI is InChI=1S/C26H50N6O7/c1-5-6-7-8-9-10-15-38-16-13-23(34)29-21(12-11-14-28-25(27)31-32(4)36)24(35)30-26(22(33)18-39-37)17-20(26)19(2)3/h19-22,33H,5-18H2,1-4H3,(H5-,27,28,29,30,31,34,35,36,37)/p+1/t20-,21-,22?,26?/m0/s1. The van der Waals surface area contributed by atoms with Crippen LogP contribution < -0.4 is 21.8 Å². The molecule has 2 unspecified atom stereocenters. The highest BCUT2D eigenvalue weighted by molar-refractivity contribution is 5.88. The van der Waals surface area contributed by atoms with E-state index < -0.39 is 23.6 Å². The molecule has 1 fully saturated rings. The van der Waals surface area contributed by atoms with E-state index in [1.165, 1.54) is 32.7 Å². The molecule has 13 nitrogen and oxygen atoms in total. The van der Waals surface area contributed by atoms with Crippen LogP contribution in [-0.4, -0.2) is 84.1 Å². The molecule has 0 bridgehead atoms. The minimum Gasteiger partial charge on any atom is -0.388 e. The van der Waals surface area contributed by atoms with E-state index in [-0.39, 0.29) is 56.3 Å². The summed E-state index contributed by atoms with van der Waals surface area (Å²) in [4.78, 5) is 45.6. The van der Waals surface area contributed by atoms with Crippen molar-refractivity contribution in [3.05, 3.63) is 4.91 Å². The molecular formula is C26H51N6O7+. The van der Waals surface area contributed by atoms with Gasteiger partial charge < -0.3 is 26.2 Å². The summed E-state index contributed by atoms with van der Waals surface area (Å²) in [6.07, 6.45) is 7.14. The van der Waals surface area contributed by atoms with Crippen LogP contribution in [0.5, 0.6) is 0 Å². The van der Waals surface area contributed by atoms with Gasteiger partial charge in [0.1, 0.15) is 23.6 Å². The molecule has 0 aromatic carbocycles. The van der Waals surface area contributed by atoms with E-state index in [0.717, 1.165) is 12.8 Å². The highest BCUT2D eigenvalue weighted by atomic mass is 17.1. The number of carbonyl (C=O) groups is 2. The van der Waals surface area contributed by atoms with Crippen molar-refractivity contribution < 1.29 is 34.4 Å². The first-order valence-electron chi connectivity index (χ1n) is 14.2. The number of nitroso groups, excluding NO2 is 1. The van der Waals surface area contributed by atoms with Crippen molar-refractivity contribution in [1.29, 1.82) is 0 Å². The van der Waals surface area contributed by atoms with Gasteiger partial charge in [-0.25, -0.2) is 9.88 Å². The maximum atomic E-state index is 13.3. The maximum Gasteiger partial charge on any atom is 0.250 e. The molecule has 0 aromatic rings. The third-order valence-electron chi connectivity index (χ3n) is 7.02. The number of nitrogens with zero attached hydrogens (tertiary/aromatic N) is 2. The molecule has 1 rings (SSSR count). The quantitative estimate of drug-likeness (QED) is 0.0286. The summed E-state index contributed by atoms with van der Waals surface area (Å²) >= 11 is 0. The number of nitrogens with one attached hydrogen (secondary N) is 3. The summed E-state index contributed by atoms with van der Waals surface area (Å²) in [5.74, 6) is -0.632. The number of nitrogens with two attached hydrogens (primary N) is 1. The van der Waals surface area contributed by atoms with E-state index in [1.54, 1.807) is 0 Å². The monoisotopic (exact) mass is 559 g/mol. The van der Waals surface area contributed by atoms with Gasteiger partial charge in [0.05, 0.1) is 17.1 Å². The van der Waals surface area contributed by atoms with Crippen molar-refractivity contribution in [3.63, 3.8) is 0 Å². The van der Waals surface area contributed by atoms with Crippen molar-refractivity contribution in [2.24, 2.45) is 22.6 Å². The van der Waals surface area contributed by atoms with Crippen LogP contribution in [0.25, 0.3) is 0 Å². The van der Waals surface area contributed by atoms with Gasteiger partial charge in [0.15, 0.2) is 0 Å². The predicted octanol–water partition coefficient (Wildman–Crippen LogP) is 1.63. The summed E-state index contributed by atoms with van der Waals surface area (Å²) in [5, 5.41) is 25.1. The third kappa shape index (κ3) is 13.5. The summed E-state index contributed by atoms with van der Waals surface area (Å²) in [5.41, 5.74) is 6.98. The normalized spacial score (nSPS) is 20.4. The van der Waals surface area contributed by atoms with Gasteiger partial charge in [0.25, 0.3) is 0 Å². The average molecular weight is 560 g/mol. The second-order valence-corrected chi connectivity index (χ2v) is 10.7. The first-order chi connectivity index (χ1) is 18.6. The molecule has 0 aromatic heterocycles. The Labute approximate surface area is 232 Å². The Bertz CT molecular complexity index is 782. The number of aliphatic hydroxyl groups is 1. The smallest absolute Gasteiger partial charge is 0.250 e. The van der Waals surface area contributed by atoms with Crippen LogP contribution in [0.2, 0.25) is 0 Å². The minimum absolute atomic E-state index is 0.00197. The number of guanidine groups is 1. The minimum atomic E-state index is -1.11. The van der Waals surface area contributed by atoms with E-state index in [1.807, 2.05) is 13.8 Å². The second kappa shape index (κ2) is 18.9. The highest BCUT2D eigenvalue weighted by Crippen LogP contribution is 2.50. The van der Waals surface area contributed by atoms with Crippen molar-refractivity contribution in [1.82, 2.24) is 16.1 Å². The number of hydrogen-bond acceptors (Lipinski definition) is 8. The zero-order valence-electron chi connectivity index (χ0n) is 24.1. The van der Waals surface area contributed by atoms with Crippen LogP contribution in [-0.2, 0) is 19.2 Å². The summed E-state index contributed by atoms with van der Waals surface area (Å²) in [7, 11) is 1.24. The van der Waals surface area contributed by atoms with Gasteiger partial charge in [-0.2, -0.15) is 0 Å². The molecule has 4 atom stereocenters. The van der Waals surface area contributed by atoms with Crippen LogP contribution in [0.3, 0.4) is 0 Å². The summed E-state index contributed by atoms with van der Waals surface area (Å²) in [6.45, 7) is 6.91. The summed E-state index contributed by atoms with van der Waals surface area (Å²) in [6, 6.07) is -0.879. The summed E-state index contributed by atoms with van der Waals surface area (Å²) < 4.78 is 5.60. The van der Waals surface area contributed by atoms with Crippen LogP contribution in [0.1, 0.15) is 85.0 Å². The van der Waals surface area contributed by atoms with Gasteiger partial charge in [0.2, 0.25) is 24.8 Å². The van der Waals surface area contributed by atoms with Crippen LogP contribution >= 0.6 is 0 Å². The van der Waals surface area contributed by atoms with Crippen molar-refractivity contribution in [3.8, 4) is 0 Å². The molecule has 1 saturated carbocycles. The highest BCUT2D eigenvalue weighted by Gasteiger charge is 2.61. The first-order valence-corrected chi connectivity index (χ1v) is 14.2. The Balaban J connectivity index is 2.69. The van der Waals surface area contributed by atoms with E-state index in [9.17, 15) is 19.6 Å². The van der Waals surface area contributed by atoms with Crippen LogP contribution in [0, 0.1) is 16.7 Å². The second-order valence-electron chi connectivity index (χ2n) is 10.7. The lowest BCUT2D eigenvalue weighted by atomic mass is 9.98. The van der Waals surface area contributed by atoms with E-state index in [2.05, 4.69) is 32.9 Å².